The molecule has 8 heteroatoms. The van der Waals surface area contributed by atoms with Crippen molar-refractivity contribution in [2.24, 2.45) is 5.41 Å². The van der Waals surface area contributed by atoms with Gasteiger partial charge in [-0.3, -0.25) is 0 Å². The van der Waals surface area contributed by atoms with Gasteiger partial charge in [-0.25, -0.2) is 0 Å². The molecule has 0 bridgehead atoms. The lowest BCUT2D eigenvalue weighted by Gasteiger charge is -2.42. The highest BCUT2D eigenvalue weighted by molar-refractivity contribution is 7.42. The first-order valence-electron chi connectivity index (χ1n) is 18.3. The third-order valence-electron chi connectivity index (χ3n) is 10.1. The van der Waals surface area contributed by atoms with Crippen LogP contribution in [0.3, 0.4) is 0 Å². The Hall–Kier alpha value is -1.26. The Labute approximate surface area is 301 Å². The van der Waals surface area contributed by atoms with Gasteiger partial charge in [-0.2, -0.15) is 0 Å². The fourth-order valence-electron chi connectivity index (χ4n) is 6.11. The highest BCUT2D eigenvalue weighted by atomic mass is 31.2. The minimum absolute atomic E-state index is 0.109. The lowest BCUT2D eigenvalue weighted by molar-refractivity contribution is -0.0674. The number of hydrogen-bond donors (Lipinski definition) is 0. The van der Waals surface area contributed by atoms with Crippen LogP contribution >= 0.6 is 17.2 Å². The first-order valence-corrected chi connectivity index (χ1v) is 20.5. The van der Waals surface area contributed by atoms with Crippen LogP contribution < -0.4 is 9.05 Å². The second-order valence-corrected chi connectivity index (χ2v) is 21.0. The maximum Gasteiger partial charge on any atom is 0.397 e. The highest BCUT2D eigenvalue weighted by Gasteiger charge is 2.46. The molecule has 6 nitrogen and oxygen atoms in total. The van der Waals surface area contributed by atoms with Crippen molar-refractivity contribution in [3.8, 4) is 11.5 Å². The van der Waals surface area contributed by atoms with E-state index in [-0.39, 0.29) is 21.7 Å². The minimum Gasteiger partial charge on any atom is -0.426 e. The van der Waals surface area contributed by atoms with Gasteiger partial charge < -0.3 is 27.1 Å². The summed E-state index contributed by atoms with van der Waals surface area (Å²) in [6, 6.07) is 9.33. The summed E-state index contributed by atoms with van der Waals surface area (Å²) in [6.07, 6.45) is 2.18. The third-order valence-corrected chi connectivity index (χ3v) is 12.1. The van der Waals surface area contributed by atoms with E-state index < -0.39 is 22.6 Å². The lowest BCUT2D eigenvalue weighted by Crippen LogP contribution is -2.45. The number of rotatable bonds is 8. The van der Waals surface area contributed by atoms with Crippen LogP contribution in [-0.4, -0.2) is 26.4 Å². The summed E-state index contributed by atoms with van der Waals surface area (Å²) in [5.74, 6) is 2.72. The van der Waals surface area contributed by atoms with Crippen LogP contribution in [0, 0.1) is 5.41 Å². The fraction of sp³-hybridized carbons (Fsp3) is 0.707. The van der Waals surface area contributed by atoms with Crippen molar-refractivity contribution >= 4 is 17.2 Å². The Balaban J connectivity index is 1.51. The topological polar surface area (TPSA) is 55.4 Å². The van der Waals surface area contributed by atoms with Gasteiger partial charge >= 0.3 is 17.2 Å². The van der Waals surface area contributed by atoms with Gasteiger partial charge in [-0.15, -0.1) is 0 Å². The summed E-state index contributed by atoms with van der Waals surface area (Å²) < 4.78 is 38.9. The molecule has 2 aliphatic heterocycles. The van der Waals surface area contributed by atoms with Gasteiger partial charge in [0.1, 0.15) is 11.5 Å². The molecule has 276 valence electrons. The van der Waals surface area contributed by atoms with Crippen LogP contribution in [0.5, 0.6) is 11.5 Å². The zero-order valence-electron chi connectivity index (χ0n) is 33.6. The van der Waals surface area contributed by atoms with Crippen molar-refractivity contribution in [2.45, 2.75) is 157 Å². The summed E-state index contributed by atoms with van der Waals surface area (Å²) in [6.45, 7) is 37.8. The molecular weight excluding hydrogens is 650 g/mol. The van der Waals surface area contributed by atoms with Gasteiger partial charge in [0.05, 0.1) is 31.8 Å². The van der Waals surface area contributed by atoms with Crippen molar-refractivity contribution in [1.82, 2.24) is 0 Å². The van der Waals surface area contributed by atoms with Crippen LogP contribution in [0.2, 0.25) is 0 Å². The monoisotopic (exact) mass is 716 g/mol. The molecule has 0 aliphatic carbocycles. The Bertz CT molecular complexity index is 1240. The second kappa shape index (κ2) is 15.0. The Morgan fingerprint density at radius 1 is 0.531 bits per heavy atom. The molecule has 0 radical (unpaired) electrons. The molecule has 0 saturated carbocycles. The van der Waals surface area contributed by atoms with Crippen molar-refractivity contribution in [2.75, 3.05) is 26.4 Å². The quantitative estimate of drug-likeness (QED) is 0.254. The zero-order valence-corrected chi connectivity index (χ0v) is 35.3. The van der Waals surface area contributed by atoms with E-state index in [2.05, 4.69) is 135 Å². The van der Waals surface area contributed by atoms with Crippen molar-refractivity contribution in [3.05, 3.63) is 57.6 Å². The summed E-state index contributed by atoms with van der Waals surface area (Å²) in [5, 5.41) is 0. The lowest BCUT2D eigenvalue weighted by atomic mass is 9.77. The second-order valence-electron chi connectivity index (χ2n) is 18.7. The van der Waals surface area contributed by atoms with Gasteiger partial charge in [0.25, 0.3) is 0 Å². The van der Waals surface area contributed by atoms with Gasteiger partial charge in [0.2, 0.25) is 0 Å². The molecule has 2 unspecified atom stereocenters. The summed E-state index contributed by atoms with van der Waals surface area (Å²) in [7, 11) is -3.17. The van der Waals surface area contributed by atoms with Crippen molar-refractivity contribution in [3.63, 3.8) is 0 Å². The zero-order chi connectivity index (χ0) is 36.7. The average Bonchev–Trinajstić information content (AvgIpc) is 3.00. The molecule has 0 amide bonds. The predicted octanol–water partition coefficient (Wildman–Crippen LogP) is 12.9. The van der Waals surface area contributed by atoms with Crippen LogP contribution in [0.15, 0.2) is 24.3 Å². The maximum atomic E-state index is 6.72. The standard InChI is InChI=1S/C41H66O6P2/c1-17-27(3)29-19-31(37(5,6)7)35(32(20-29)38(8,9)10)46-48-42-23-41(24-43-48)25-44-49(45-26-41)47-36-33(39(11,12)13)21-30(28(4)18-2)22-34(36)40(14,15)16/h19-22,27-28H,17-18,23-26H2,1-16H3. The molecule has 2 aromatic rings. The molecule has 2 heterocycles. The van der Waals surface area contributed by atoms with E-state index in [0.717, 1.165) is 24.3 Å². The molecule has 2 aliphatic rings. The average molecular weight is 717 g/mol. The SMILES string of the molecule is CCC(C)c1cc(C(C)(C)C)c(OP2OCC3(CO2)COP(Oc2c(C(C)(C)C)cc(C(C)CC)cc2C(C)(C)C)OC3)c(C(C)(C)C)c1. The molecule has 2 aromatic carbocycles. The van der Waals surface area contributed by atoms with E-state index in [1.165, 1.54) is 33.4 Å². The van der Waals surface area contributed by atoms with Crippen LogP contribution in [-0.2, 0) is 39.8 Å². The van der Waals surface area contributed by atoms with Gasteiger partial charge in [0, 0.05) is 22.3 Å². The molecule has 2 saturated heterocycles. The molecule has 2 fully saturated rings. The van der Waals surface area contributed by atoms with E-state index in [1.54, 1.807) is 0 Å². The third kappa shape index (κ3) is 9.60. The predicted molar refractivity (Wildman–Crippen MR) is 206 cm³/mol. The van der Waals surface area contributed by atoms with Crippen LogP contribution in [0.4, 0.5) is 0 Å². The van der Waals surface area contributed by atoms with E-state index in [9.17, 15) is 0 Å². The molecule has 1 spiro atoms. The Morgan fingerprint density at radius 2 is 0.776 bits per heavy atom. The van der Waals surface area contributed by atoms with Crippen molar-refractivity contribution in [1.29, 1.82) is 0 Å². The fourth-order valence-corrected chi connectivity index (χ4v) is 8.67. The van der Waals surface area contributed by atoms with E-state index >= 15 is 0 Å². The minimum atomic E-state index is -1.59. The summed E-state index contributed by atoms with van der Waals surface area (Å²) in [4.78, 5) is 0. The Kier molecular flexibility index (Phi) is 12.4. The smallest absolute Gasteiger partial charge is 0.397 e. The number of hydrogen-bond acceptors (Lipinski definition) is 6. The Morgan fingerprint density at radius 3 is 0.980 bits per heavy atom. The van der Waals surface area contributed by atoms with E-state index in [0.29, 0.717) is 38.3 Å². The number of benzene rings is 2. The summed E-state index contributed by atoms with van der Waals surface area (Å²) >= 11 is 0. The largest absolute Gasteiger partial charge is 0.426 e. The molecule has 49 heavy (non-hydrogen) atoms. The molecular formula is C41H66O6P2. The van der Waals surface area contributed by atoms with Crippen LogP contribution in [0.25, 0.3) is 0 Å². The van der Waals surface area contributed by atoms with Gasteiger partial charge in [0.15, 0.2) is 0 Å². The highest BCUT2D eigenvalue weighted by Crippen LogP contribution is 2.56. The van der Waals surface area contributed by atoms with Gasteiger partial charge in [-0.1, -0.05) is 135 Å². The first kappa shape index (κ1) is 40.5. The maximum absolute atomic E-state index is 6.72. The molecule has 0 aromatic heterocycles. The molecule has 2 atom stereocenters. The normalized spacial score (nSPS) is 23.8. The van der Waals surface area contributed by atoms with E-state index in [4.69, 9.17) is 27.1 Å². The first-order chi connectivity index (χ1) is 22.5. The molecule has 4 rings (SSSR count). The van der Waals surface area contributed by atoms with Crippen molar-refractivity contribution < 1.29 is 27.1 Å². The van der Waals surface area contributed by atoms with Gasteiger partial charge in [-0.05, 0) is 57.5 Å². The van der Waals surface area contributed by atoms with E-state index in [1.807, 2.05) is 0 Å². The molecule has 0 N–H and O–H groups in total. The summed E-state index contributed by atoms with van der Waals surface area (Å²) in [5.41, 5.74) is 6.63. The van der Waals surface area contributed by atoms with Crippen LogP contribution in [0.1, 0.15) is 169 Å².